The molecule has 108 valence electrons. The number of rotatable bonds is 1. The fourth-order valence-electron chi connectivity index (χ4n) is 2.21. The smallest absolute Gasteiger partial charge is 0.196 e. The second kappa shape index (κ2) is 4.76. The van der Waals surface area contributed by atoms with Crippen molar-refractivity contribution < 1.29 is 24.8 Å². The molecular formula is C15H12O6. The van der Waals surface area contributed by atoms with Crippen molar-refractivity contribution in [2.45, 2.75) is 12.2 Å². The van der Waals surface area contributed by atoms with Gasteiger partial charge in [-0.15, -0.1) is 0 Å². The van der Waals surface area contributed by atoms with Crippen LogP contribution in [-0.2, 0) is 0 Å². The summed E-state index contributed by atoms with van der Waals surface area (Å²) >= 11 is 0. The molecule has 3 rings (SSSR count). The van der Waals surface area contributed by atoms with E-state index >= 15 is 0 Å². The van der Waals surface area contributed by atoms with Gasteiger partial charge in [-0.25, -0.2) is 0 Å². The number of aromatic hydroxyl groups is 1. The molecule has 0 aliphatic heterocycles. The second-order valence-electron chi connectivity index (χ2n) is 4.75. The molecule has 6 heteroatoms. The third kappa shape index (κ3) is 2.20. The fourth-order valence-corrected chi connectivity index (χ4v) is 2.21. The first-order valence-electron chi connectivity index (χ1n) is 6.22. The number of fused-ring (bicyclic) bond motifs is 1. The highest BCUT2D eigenvalue weighted by Crippen LogP contribution is 2.19. The minimum absolute atomic E-state index is 0.000810. The summed E-state index contributed by atoms with van der Waals surface area (Å²) in [4.78, 5) is 12.1. The largest absolute Gasteiger partial charge is 0.509 e. The van der Waals surface area contributed by atoms with Crippen LogP contribution in [0.25, 0.3) is 23.2 Å². The summed E-state index contributed by atoms with van der Waals surface area (Å²) < 4.78 is 5.51. The third-order valence-electron chi connectivity index (χ3n) is 3.31. The zero-order chi connectivity index (χ0) is 15.1. The van der Waals surface area contributed by atoms with Gasteiger partial charge in [0.1, 0.15) is 40.1 Å². The van der Waals surface area contributed by atoms with Crippen LogP contribution in [0.1, 0.15) is 0 Å². The lowest BCUT2D eigenvalue weighted by Gasteiger charge is -2.17. The number of hydrogen-bond donors (Lipinski definition) is 4. The Morgan fingerprint density at radius 3 is 2.38 bits per heavy atom. The van der Waals surface area contributed by atoms with Crippen LogP contribution in [0.2, 0.25) is 0 Å². The van der Waals surface area contributed by atoms with Crippen LogP contribution >= 0.6 is 0 Å². The van der Waals surface area contributed by atoms with Gasteiger partial charge in [0.05, 0.1) is 0 Å². The molecule has 0 radical (unpaired) electrons. The van der Waals surface area contributed by atoms with Gasteiger partial charge in [-0.2, -0.15) is 0 Å². The summed E-state index contributed by atoms with van der Waals surface area (Å²) in [5.41, 5.74) is 0.0288. The van der Waals surface area contributed by atoms with Crippen LogP contribution in [-0.4, -0.2) is 32.6 Å². The summed E-state index contributed by atoms with van der Waals surface area (Å²) in [6.45, 7) is 0. The topological polar surface area (TPSA) is 111 Å². The third-order valence-corrected chi connectivity index (χ3v) is 3.31. The number of aliphatic hydroxyl groups is 3. The zero-order valence-electron chi connectivity index (χ0n) is 10.7. The highest BCUT2D eigenvalue weighted by molar-refractivity contribution is 5.59. The minimum Gasteiger partial charge on any atom is -0.509 e. The Morgan fingerprint density at radius 1 is 1.05 bits per heavy atom. The Bertz CT molecular complexity index is 863. The molecule has 0 saturated carbocycles. The molecule has 1 heterocycles. The molecule has 2 aromatic rings. The van der Waals surface area contributed by atoms with Crippen molar-refractivity contribution >= 4 is 11.8 Å². The number of phenols is 1. The van der Waals surface area contributed by atoms with Gasteiger partial charge < -0.3 is 24.8 Å². The normalized spacial score (nSPS) is 20.8. The maximum atomic E-state index is 12.1. The lowest BCUT2D eigenvalue weighted by molar-refractivity contribution is 0.0757. The standard InChI is InChI=1S/C15H12O6/c16-8-3-1-7(2-4-8)11-5-9(17)13-12(21-11)6-10(18)14(19)15(13)20/h1-6,10,14,16,18-20H. The SMILES string of the molecule is O=c1cc(-c2ccc(O)cc2)oc2c1=C(O)C(O)C(O)C=2. The van der Waals surface area contributed by atoms with Gasteiger partial charge in [0, 0.05) is 11.6 Å². The first-order valence-corrected chi connectivity index (χ1v) is 6.22. The number of hydrogen-bond acceptors (Lipinski definition) is 6. The van der Waals surface area contributed by atoms with Gasteiger partial charge in [-0.3, -0.25) is 4.79 Å². The molecule has 2 atom stereocenters. The summed E-state index contributed by atoms with van der Waals surface area (Å²) in [6, 6.07) is 7.20. The van der Waals surface area contributed by atoms with E-state index in [9.17, 15) is 25.2 Å². The van der Waals surface area contributed by atoms with Crippen LogP contribution in [0.4, 0.5) is 0 Å². The van der Waals surface area contributed by atoms with Gasteiger partial charge in [0.2, 0.25) is 0 Å². The van der Waals surface area contributed by atoms with E-state index in [1.54, 1.807) is 12.1 Å². The Balaban J connectivity index is 2.29. The zero-order valence-corrected chi connectivity index (χ0v) is 10.7. The summed E-state index contributed by atoms with van der Waals surface area (Å²) in [6.07, 6.45) is -1.72. The molecule has 0 fully saturated rings. The number of aliphatic hydroxyl groups excluding tert-OH is 3. The first-order chi connectivity index (χ1) is 9.97. The summed E-state index contributed by atoms with van der Waals surface area (Å²) in [7, 11) is 0. The van der Waals surface area contributed by atoms with E-state index in [0.717, 1.165) is 0 Å². The predicted molar refractivity (Wildman–Crippen MR) is 73.8 cm³/mol. The molecular weight excluding hydrogens is 276 g/mol. The van der Waals surface area contributed by atoms with Gasteiger partial charge in [0.15, 0.2) is 5.43 Å². The average Bonchev–Trinajstić information content (AvgIpc) is 2.45. The van der Waals surface area contributed by atoms with Crippen molar-refractivity contribution in [1.29, 1.82) is 0 Å². The van der Waals surface area contributed by atoms with Crippen LogP contribution in [0.3, 0.4) is 0 Å². The fraction of sp³-hybridized carbons (Fsp3) is 0.133. The molecule has 21 heavy (non-hydrogen) atoms. The van der Waals surface area contributed by atoms with Crippen molar-refractivity contribution in [3.05, 3.63) is 51.2 Å². The minimum atomic E-state index is -1.54. The van der Waals surface area contributed by atoms with Crippen molar-refractivity contribution in [2.75, 3.05) is 0 Å². The number of phenolic OH excluding ortho intramolecular Hbond substituents is 1. The maximum absolute atomic E-state index is 12.1. The molecule has 1 aromatic heterocycles. The molecule has 0 bridgehead atoms. The van der Waals surface area contributed by atoms with E-state index in [1.807, 2.05) is 0 Å². The highest BCUT2D eigenvalue weighted by Gasteiger charge is 2.25. The van der Waals surface area contributed by atoms with Crippen molar-refractivity contribution in [1.82, 2.24) is 0 Å². The molecule has 6 nitrogen and oxygen atoms in total. The van der Waals surface area contributed by atoms with E-state index in [1.165, 1.54) is 24.3 Å². The summed E-state index contributed by atoms with van der Waals surface area (Å²) in [5.74, 6) is -0.299. The molecule has 1 aliphatic carbocycles. The molecule has 0 saturated heterocycles. The predicted octanol–water partition coefficient (Wildman–Crippen LogP) is -0.806. The van der Waals surface area contributed by atoms with Crippen molar-refractivity contribution in [3.8, 4) is 17.1 Å². The monoisotopic (exact) mass is 288 g/mol. The van der Waals surface area contributed by atoms with Gasteiger partial charge in [-0.1, -0.05) is 0 Å². The second-order valence-corrected chi connectivity index (χ2v) is 4.75. The van der Waals surface area contributed by atoms with Crippen molar-refractivity contribution in [3.63, 3.8) is 0 Å². The molecule has 4 N–H and O–H groups in total. The molecule has 0 amide bonds. The van der Waals surface area contributed by atoms with Crippen LogP contribution < -0.4 is 16.1 Å². The Hall–Kier alpha value is -2.57. The molecule has 1 aliphatic rings. The first kappa shape index (κ1) is 13.4. The Labute approximate surface area is 118 Å². The molecule has 1 aromatic carbocycles. The lowest BCUT2D eigenvalue weighted by Crippen LogP contribution is -2.49. The molecule has 2 unspecified atom stereocenters. The van der Waals surface area contributed by atoms with Gasteiger partial charge in [0.25, 0.3) is 0 Å². The van der Waals surface area contributed by atoms with Gasteiger partial charge in [-0.05, 0) is 30.3 Å². The van der Waals surface area contributed by atoms with E-state index in [2.05, 4.69) is 0 Å². The molecule has 0 spiro atoms. The Morgan fingerprint density at radius 2 is 1.71 bits per heavy atom. The van der Waals surface area contributed by atoms with E-state index in [0.29, 0.717) is 5.56 Å². The van der Waals surface area contributed by atoms with E-state index in [-0.39, 0.29) is 22.1 Å². The van der Waals surface area contributed by atoms with Crippen molar-refractivity contribution in [2.24, 2.45) is 0 Å². The van der Waals surface area contributed by atoms with E-state index in [4.69, 9.17) is 4.42 Å². The van der Waals surface area contributed by atoms with E-state index < -0.39 is 23.4 Å². The van der Waals surface area contributed by atoms with Gasteiger partial charge >= 0.3 is 0 Å². The quantitative estimate of drug-likeness (QED) is 0.546. The highest BCUT2D eigenvalue weighted by atomic mass is 16.4. The summed E-state index contributed by atoms with van der Waals surface area (Å²) in [5, 5.41) is 38.0. The number of benzene rings is 1. The Kier molecular flexibility index (Phi) is 3.04. The van der Waals surface area contributed by atoms with Crippen LogP contribution in [0.5, 0.6) is 5.75 Å². The maximum Gasteiger partial charge on any atom is 0.196 e. The lowest BCUT2D eigenvalue weighted by atomic mass is 10.0. The van der Waals surface area contributed by atoms with Crippen LogP contribution in [0, 0.1) is 0 Å². The van der Waals surface area contributed by atoms with Crippen LogP contribution in [0.15, 0.2) is 39.5 Å². The average molecular weight is 288 g/mol.